The number of amides is 1. The molecule has 158 valence electrons. The Morgan fingerprint density at radius 2 is 1.45 bits per heavy atom. The van der Waals surface area contributed by atoms with Gasteiger partial charge in [0.1, 0.15) is 0 Å². The molecule has 3 aromatic rings. The first-order valence-electron chi connectivity index (χ1n) is 9.58. The molecule has 1 aliphatic heterocycles. The largest absolute Gasteiger partial charge is 0.465 e. The minimum absolute atomic E-state index is 0.140. The third kappa shape index (κ3) is 3.57. The molecule has 0 unspecified atom stereocenters. The molecule has 0 saturated carbocycles. The van der Waals surface area contributed by atoms with E-state index in [1.807, 2.05) is 0 Å². The third-order valence-corrected chi connectivity index (χ3v) is 5.16. The summed E-state index contributed by atoms with van der Waals surface area (Å²) in [6.07, 6.45) is -0.764. The summed E-state index contributed by atoms with van der Waals surface area (Å²) < 4.78 is 34.6. The predicted molar refractivity (Wildman–Crippen MR) is 108 cm³/mol. The second kappa shape index (κ2) is 7.92. The number of methoxy groups -OCH3 is 1. The van der Waals surface area contributed by atoms with Gasteiger partial charge in [-0.1, -0.05) is 72.8 Å². The smallest absolute Gasteiger partial charge is 0.353 e. The average molecular weight is 423 g/mol. The summed E-state index contributed by atoms with van der Waals surface area (Å²) in [5.74, 6) is -1.41. The minimum atomic E-state index is -3.59. The summed E-state index contributed by atoms with van der Waals surface area (Å²) in [6, 6.07) is 19.1. The van der Waals surface area contributed by atoms with Crippen LogP contribution in [-0.2, 0) is 26.4 Å². The summed E-state index contributed by atoms with van der Waals surface area (Å²) >= 11 is 0. The second-order valence-corrected chi connectivity index (χ2v) is 7.14. The first-order valence-corrected chi connectivity index (χ1v) is 9.58. The van der Waals surface area contributed by atoms with E-state index in [0.29, 0.717) is 11.1 Å². The molecule has 31 heavy (non-hydrogen) atoms. The normalized spacial score (nSPS) is 15.3. The Hall–Kier alpha value is -3.58. The third-order valence-electron chi connectivity index (χ3n) is 5.16. The van der Waals surface area contributed by atoms with Crippen LogP contribution < -0.4 is 0 Å². The van der Waals surface area contributed by atoms with E-state index in [2.05, 4.69) is 4.74 Å². The van der Waals surface area contributed by atoms with Crippen LogP contribution >= 0.6 is 0 Å². The minimum Gasteiger partial charge on any atom is -0.465 e. The molecular formula is C24H19F2NO4. The van der Waals surface area contributed by atoms with Gasteiger partial charge < -0.3 is 4.74 Å². The van der Waals surface area contributed by atoms with Crippen LogP contribution in [-0.4, -0.2) is 30.1 Å². The fourth-order valence-electron chi connectivity index (χ4n) is 3.60. The van der Waals surface area contributed by atoms with Crippen LogP contribution in [0.15, 0.2) is 84.9 Å². The van der Waals surface area contributed by atoms with E-state index in [1.54, 1.807) is 60.7 Å². The number of carbonyl (C=O) groups excluding carboxylic acids is 2. The summed E-state index contributed by atoms with van der Waals surface area (Å²) in [5.41, 5.74) is -0.189. The van der Waals surface area contributed by atoms with Gasteiger partial charge in [0, 0.05) is 11.1 Å². The zero-order valence-corrected chi connectivity index (χ0v) is 16.6. The van der Waals surface area contributed by atoms with Crippen LogP contribution in [0.3, 0.4) is 0 Å². The number of hydrogen-bond donors (Lipinski definition) is 0. The molecular weight excluding hydrogens is 404 g/mol. The number of nitrogens with zero attached hydrogens (tertiary/aromatic N) is 1. The Labute approximate surface area is 177 Å². The Morgan fingerprint density at radius 1 is 0.935 bits per heavy atom. The zero-order valence-electron chi connectivity index (χ0n) is 16.6. The summed E-state index contributed by atoms with van der Waals surface area (Å²) in [7, 11) is 1.24. The van der Waals surface area contributed by atoms with Crippen molar-refractivity contribution in [1.82, 2.24) is 5.06 Å². The van der Waals surface area contributed by atoms with Crippen LogP contribution in [0.1, 0.15) is 27.0 Å². The molecule has 3 aromatic carbocycles. The van der Waals surface area contributed by atoms with Crippen LogP contribution in [0.2, 0.25) is 0 Å². The lowest BCUT2D eigenvalue weighted by molar-refractivity contribution is -0.384. The van der Waals surface area contributed by atoms with Gasteiger partial charge in [-0.2, -0.15) is 8.78 Å². The van der Waals surface area contributed by atoms with Crippen molar-refractivity contribution in [2.24, 2.45) is 0 Å². The Bertz CT molecular complexity index is 1050. The van der Waals surface area contributed by atoms with Crippen molar-refractivity contribution in [3.8, 4) is 0 Å². The molecule has 1 saturated heterocycles. The van der Waals surface area contributed by atoms with Crippen molar-refractivity contribution < 1.29 is 27.9 Å². The Kier molecular flexibility index (Phi) is 5.29. The van der Waals surface area contributed by atoms with Crippen molar-refractivity contribution in [3.05, 3.63) is 107 Å². The van der Waals surface area contributed by atoms with Crippen molar-refractivity contribution in [3.63, 3.8) is 0 Å². The van der Waals surface area contributed by atoms with Gasteiger partial charge >= 0.3 is 12.0 Å². The van der Waals surface area contributed by atoms with Crippen molar-refractivity contribution in [2.45, 2.75) is 18.1 Å². The topological polar surface area (TPSA) is 55.8 Å². The predicted octanol–water partition coefficient (Wildman–Crippen LogP) is 4.33. The van der Waals surface area contributed by atoms with Crippen LogP contribution in [0, 0.1) is 0 Å². The molecule has 1 amide bonds. The number of esters is 1. The fraction of sp³-hybridized carbons (Fsp3) is 0.167. The molecule has 0 atom stereocenters. The van der Waals surface area contributed by atoms with E-state index < -0.39 is 29.9 Å². The van der Waals surface area contributed by atoms with E-state index in [4.69, 9.17) is 4.84 Å². The molecule has 0 spiro atoms. The molecule has 0 bridgehead atoms. The van der Waals surface area contributed by atoms with Crippen LogP contribution in [0.4, 0.5) is 8.78 Å². The van der Waals surface area contributed by atoms with Gasteiger partial charge in [0.25, 0.3) is 5.91 Å². The van der Waals surface area contributed by atoms with Crippen molar-refractivity contribution in [1.29, 1.82) is 0 Å². The lowest BCUT2D eigenvalue weighted by Gasteiger charge is -2.50. The van der Waals surface area contributed by atoms with E-state index in [9.17, 15) is 18.4 Å². The summed E-state index contributed by atoms with van der Waals surface area (Å²) in [6.45, 7) is 0. The number of carbonyl (C=O) groups is 2. The molecule has 1 heterocycles. The quantitative estimate of drug-likeness (QED) is 0.438. The lowest BCUT2D eigenvalue weighted by Crippen LogP contribution is -2.68. The van der Waals surface area contributed by atoms with Gasteiger partial charge in [0.2, 0.25) is 5.60 Å². The molecule has 0 N–H and O–H groups in total. The number of ether oxygens (including phenoxy) is 1. The summed E-state index contributed by atoms with van der Waals surface area (Å²) in [5, 5.41) is 0.140. The maximum atomic E-state index is 15.0. The first kappa shape index (κ1) is 20.7. The van der Waals surface area contributed by atoms with Gasteiger partial charge in [-0.3, -0.25) is 4.79 Å². The first-order chi connectivity index (χ1) is 14.9. The number of halogens is 2. The average Bonchev–Trinajstić information content (AvgIpc) is 2.79. The van der Waals surface area contributed by atoms with Gasteiger partial charge in [0.15, 0.2) is 0 Å². The number of hydrogen-bond acceptors (Lipinski definition) is 4. The van der Waals surface area contributed by atoms with Gasteiger partial charge in [0.05, 0.1) is 19.1 Å². The lowest BCUT2D eigenvalue weighted by atomic mass is 9.83. The van der Waals surface area contributed by atoms with E-state index in [0.717, 1.165) is 0 Å². The fourth-order valence-corrected chi connectivity index (χ4v) is 3.60. The maximum Gasteiger partial charge on any atom is 0.353 e. The van der Waals surface area contributed by atoms with Crippen LogP contribution in [0.5, 0.6) is 0 Å². The van der Waals surface area contributed by atoms with E-state index >= 15 is 0 Å². The van der Waals surface area contributed by atoms with Gasteiger partial charge in [-0.25, -0.2) is 9.63 Å². The zero-order chi connectivity index (χ0) is 22.1. The second-order valence-electron chi connectivity index (χ2n) is 7.14. The summed E-state index contributed by atoms with van der Waals surface area (Å²) in [4.78, 5) is 30.3. The highest BCUT2D eigenvalue weighted by atomic mass is 19.3. The van der Waals surface area contributed by atoms with Crippen LogP contribution in [0.25, 0.3) is 0 Å². The molecule has 5 nitrogen and oxygen atoms in total. The standard InChI is InChI=1S/C24H19F2NO4/c1-30-21(28)18-14-12-17(13-15-18)16-23(25,26)27-22(29)24(31-27,19-8-4-2-5-9-19)20-10-6-3-7-11-20/h2-15H,16H2,1H3. The monoisotopic (exact) mass is 423 g/mol. The van der Waals surface area contributed by atoms with Crippen molar-refractivity contribution in [2.75, 3.05) is 7.11 Å². The molecule has 0 aromatic heterocycles. The molecule has 1 aliphatic rings. The highest BCUT2D eigenvalue weighted by molar-refractivity contribution is 5.94. The number of alkyl halides is 2. The molecule has 0 aliphatic carbocycles. The Balaban J connectivity index is 1.60. The maximum absolute atomic E-state index is 15.0. The van der Waals surface area contributed by atoms with Crippen molar-refractivity contribution >= 4 is 11.9 Å². The van der Waals surface area contributed by atoms with E-state index in [1.165, 1.54) is 31.4 Å². The molecule has 0 radical (unpaired) electrons. The molecule has 1 fully saturated rings. The highest BCUT2D eigenvalue weighted by Gasteiger charge is 2.64. The van der Waals surface area contributed by atoms with Gasteiger partial charge in [-0.15, -0.1) is 5.06 Å². The van der Waals surface area contributed by atoms with E-state index in [-0.39, 0.29) is 16.2 Å². The molecule has 7 heteroatoms. The Morgan fingerprint density at radius 3 is 1.90 bits per heavy atom. The number of benzene rings is 3. The SMILES string of the molecule is COC(=O)c1ccc(CC(F)(F)N2OC(c3ccccc3)(c3ccccc3)C2=O)cc1. The molecule has 4 rings (SSSR count). The van der Waals surface area contributed by atoms with Gasteiger partial charge in [-0.05, 0) is 17.7 Å². The highest BCUT2D eigenvalue weighted by Crippen LogP contribution is 2.48. The number of rotatable bonds is 6. The number of hydroxylamine groups is 2.